The first kappa shape index (κ1) is 14.0. The summed E-state index contributed by atoms with van der Waals surface area (Å²) in [6.07, 6.45) is 7.66. The zero-order chi connectivity index (χ0) is 12.7. The lowest BCUT2D eigenvalue weighted by molar-refractivity contribution is -0.142. The van der Waals surface area contributed by atoms with Gasteiger partial charge in [-0.3, -0.25) is 4.79 Å². The zero-order valence-corrected chi connectivity index (χ0v) is 10.6. The Hall–Kier alpha value is -1.06. The van der Waals surface area contributed by atoms with Gasteiger partial charge < -0.3 is 10.4 Å². The molecule has 1 saturated carbocycles. The Morgan fingerprint density at radius 2 is 1.94 bits per heavy atom. The van der Waals surface area contributed by atoms with E-state index in [-0.39, 0.29) is 5.91 Å². The molecule has 1 rings (SSSR count). The minimum Gasteiger partial charge on any atom is -0.480 e. The molecule has 0 bridgehead atoms. The Kier molecular flexibility index (Phi) is 6.01. The van der Waals surface area contributed by atoms with Gasteiger partial charge >= 0.3 is 5.97 Å². The van der Waals surface area contributed by atoms with Crippen LogP contribution in [0.4, 0.5) is 0 Å². The highest BCUT2D eigenvalue weighted by atomic mass is 16.4. The maximum absolute atomic E-state index is 11.7. The van der Waals surface area contributed by atoms with Crippen molar-refractivity contribution in [2.75, 3.05) is 0 Å². The predicted octanol–water partition coefficient (Wildman–Crippen LogP) is 2.33. The fourth-order valence-electron chi connectivity index (χ4n) is 2.45. The van der Waals surface area contributed by atoms with Gasteiger partial charge in [-0.25, -0.2) is 4.79 Å². The molecule has 1 atom stereocenters. The van der Waals surface area contributed by atoms with E-state index in [1.165, 1.54) is 19.3 Å². The Labute approximate surface area is 103 Å². The number of carboxylic acid groups (broad SMARTS) is 1. The summed E-state index contributed by atoms with van der Waals surface area (Å²) in [5.41, 5.74) is 0. The Balaban J connectivity index is 2.33. The summed E-state index contributed by atoms with van der Waals surface area (Å²) in [7, 11) is 0. The fraction of sp³-hybridized carbons (Fsp3) is 0.846. The van der Waals surface area contributed by atoms with Crippen molar-refractivity contribution in [2.45, 2.75) is 64.3 Å². The molecule has 2 N–H and O–H groups in total. The molecule has 4 nitrogen and oxygen atoms in total. The number of carbonyl (C=O) groups is 2. The van der Waals surface area contributed by atoms with Crippen molar-refractivity contribution in [3.8, 4) is 0 Å². The van der Waals surface area contributed by atoms with Crippen LogP contribution in [0.5, 0.6) is 0 Å². The molecule has 0 heterocycles. The third-order valence-electron chi connectivity index (χ3n) is 3.41. The lowest BCUT2D eigenvalue weighted by Gasteiger charge is -2.22. The van der Waals surface area contributed by atoms with Crippen LogP contribution in [0.15, 0.2) is 0 Å². The monoisotopic (exact) mass is 241 g/mol. The van der Waals surface area contributed by atoms with Crippen LogP contribution >= 0.6 is 0 Å². The van der Waals surface area contributed by atoms with E-state index >= 15 is 0 Å². The lowest BCUT2D eigenvalue weighted by atomic mass is 9.87. The maximum Gasteiger partial charge on any atom is 0.326 e. The Morgan fingerprint density at radius 1 is 1.29 bits per heavy atom. The predicted molar refractivity (Wildman–Crippen MR) is 65.7 cm³/mol. The van der Waals surface area contributed by atoms with Gasteiger partial charge in [0.15, 0.2) is 0 Å². The van der Waals surface area contributed by atoms with E-state index in [0.717, 1.165) is 19.3 Å². The van der Waals surface area contributed by atoms with Gasteiger partial charge in [-0.2, -0.15) is 0 Å². The smallest absolute Gasteiger partial charge is 0.326 e. The van der Waals surface area contributed by atoms with Crippen LogP contribution in [0.25, 0.3) is 0 Å². The number of rotatable bonds is 6. The summed E-state index contributed by atoms with van der Waals surface area (Å²) in [4.78, 5) is 22.6. The largest absolute Gasteiger partial charge is 0.480 e. The summed E-state index contributed by atoms with van der Waals surface area (Å²) in [6, 6.07) is -0.712. The van der Waals surface area contributed by atoms with Crippen LogP contribution in [0, 0.1) is 5.92 Å². The molecule has 1 unspecified atom stereocenters. The third kappa shape index (κ3) is 5.20. The number of hydrogen-bond donors (Lipinski definition) is 2. The van der Waals surface area contributed by atoms with E-state index in [4.69, 9.17) is 5.11 Å². The van der Waals surface area contributed by atoms with Crippen molar-refractivity contribution >= 4 is 11.9 Å². The second kappa shape index (κ2) is 7.30. The highest BCUT2D eigenvalue weighted by molar-refractivity contribution is 5.83. The Bertz CT molecular complexity index is 259. The SMILES string of the molecule is CCCC(NC(=O)CC1CCCCC1)C(=O)O. The van der Waals surface area contributed by atoms with E-state index in [0.29, 0.717) is 18.8 Å². The van der Waals surface area contributed by atoms with Crippen LogP contribution < -0.4 is 5.32 Å². The van der Waals surface area contributed by atoms with Crippen LogP contribution in [-0.2, 0) is 9.59 Å². The van der Waals surface area contributed by atoms with Gasteiger partial charge in [-0.15, -0.1) is 0 Å². The molecule has 0 aromatic rings. The summed E-state index contributed by atoms with van der Waals surface area (Å²) >= 11 is 0. The van der Waals surface area contributed by atoms with E-state index < -0.39 is 12.0 Å². The zero-order valence-electron chi connectivity index (χ0n) is 10.6. The molecule has 1 aliphatic carbocycles. The first-order chi connectivity index (χ1) is 8.13. The number of carboxylic acids is 1. The number of carbonyl (C=O) groups excluding carboxylic acids is 1. The lowest BCUT2D eigenvalue weighted by Crippen LogP contribution is -2.41. The third-order valence-corrected chi connectivity index (χ3v) is 3.41. The molecule has 4 heteroatoms. The van der Waals surface area contributed by atoms with Gasteiger partial charge in [0.05, 0.1) is 0 Å². The van der Waals surface area contributed by atoms with Crippen LogP contribution in [0.1, 0.15) is 58.3 Å². The topological polar surface area (TPSA) is 66.4 Å². The van der Waals surface area contributed by atoms with Gasteiger partial charge in [-0.1, -0.05) is 32.6 Å². The molecule has 0 aromatic heterocycles. The van der Waals surface area contributed by atoms with Crippen molar-refractivity contribution in [2.24, 2.45) is 5.92 Å². The summed E-state index contributed by atoms with van der Waals surface area (Å²) in [6.45, 7) is 1.92. The molecule has 1 fully saturated rings. The molecule has 1 aliphatic rings. The Morgan fingerprint density at radius 3 is 2.47 bits per heavy atom. The van der Waals surface area contributed by atoms with E-state index in [1.54, 1.807) is 0 Å². The highest BCUT2D eigenvalue weighted by Crippen LogP contribution is 2.26. The number of amides is 1. The molecule has 0 spiro atoms. The second-order valence-corrected chi connectivity index (χ2v) is 4.96. The van der Waals surface area contributed by atoms with Crippen LogP contribution in [-0.4, -0.2) is 23.0 Å². The van der Waals surface area contributed by atoms with Gasteiger partial charge in [0.1, 0.15) is 6.04 Å². The second-order valence-electron chi connectivity index (χ2n) is 4.96. The number of hydrogen-bond acceptors (Lipinski definition) is 2. The molecule has 17 heavy (non-hydrogen) atoms. The normalized spacial score (nSPS) is 18.6. The number of aliphatic carboxylic acids is 1. The van der Waals surface area contributed by atoms with Gasteiger partial charge in [0, 0.05) is 6.42 Å². The molecule has 0 aromatic carbocycles. The van der Waals surface area contributed by atoms with Crippen molar-refractivity contribution in [1.29, 1.82) is 0 Å². The van der Waals surface area contributed by atoms with Crippen LogP contribution in [0.2, 0.25) is 0 Å². The van der Waals surface area contributed by atoms with Crippen molar-refractivity contribution < 1.29 is 14.7 Å². The fourth-order valence-corrected chi connectivity index (χ4v) is 2.45. The quantitative estimate of drug-likeness (QED) is 0.750. The van der Waals surface area contributed by atoms with Crippen molar-refractivity contribution in [3.05, 3.63) is 0 Å². The minimum atomic E-state index is -0.927. The molecule has 0 saturated heterocycles. The van der Waals surface area contributed by atoms with Gasteiger partial charge in [0.2, 0.25) is 5.91 Å². The number of nitrogens with one attached hydrogen (secondary N) is 1. The maximum atomic E-state index is 11.7. The van der Waals surface area contributed by atoms with E-state index in [1.807, 2.05) is 6.92 Å². The molecule has 98 valence electrons. The standard InChI is InChI=1S/C13H23NO3/c1-2-6-11(13(16)17)14-12(15)9-10-7-4-3-5-8-10/h10-11H,2-9H2,1H3,(H,14,15)(H,16,17). The molecule has 1 amide bonds. The average molecular weight is 241 g/mol. The summed E-state index contributed by atoms with van der Waals surface area (Å²) < 4.78 is 0. The molecule has 0 radical (unpaired) electrons. The summed E-state index contributed by atoms with van der Waals surface area (Å²) in [5.74, 6) is -0.568. The summed E-state index contributed by atoms with van der Waals surface area (Å²) in [5, 5.41) is 11.6. The first-order valence-corrected chi connectivity index (χ1v) is 6.65. The van der Waals surface area contributed by atoms with Crippen molar-refractivity contribution in [3.63, 3.8) is 0 Å². The molecule has 0 aliphatic heterocycles. The van der Waals surface area contributed by atoms with Gasteiger partial charge in [0.25, 0.3) is 0 Å². The molecular weight excluding hydrogens is 218 g/mol. The minimum absolute atomic E-state index is 0.0993. The van der Waals surface area contributed by atoms with Crippen LogP contribution in [0.3, 0.4) is 0 Å². The van der Waals surface area contributed by atoms with Gasteiger partial charge in [-0.05, 0) is 25.2 Å². The average Bonchev–Trinajstić information content (AvgIpc) is 2.29. The van der Waals surface area contributed by atoms with Crippen molar-refractivity contribution in [1.82, 2.24) is 5.32 Å². The van der Waals surface area contributed by atoms with E-state index in [2.05, 4.69) is 5.32 Å². The molecular formula is C13H23NO3. The first-order valence-electron chi connectivity index (χ1n) is 6.65. The van der Waals surface area contributed by atoms with E-state index in [9.17, 15) is 9.59 Å². The highest BCUT2D eigenvalue weighted by Gasteiger charge is 2.22.